The summed E-state index contributed by atoms with van der Waals surface area (Å²) in [6, 6.07) is 8.79. The van der Waals surface area contributed by atoms with Crippen molar-refractivity contribution in [3.8, 4) is 0 Å². The van der Waals surface area contributed by atoms with Crippen LogP contribution in [0.4, 0.5) is 0 Å². The van der Waals surface area contributed by atoms with Gasteiger partial charge in [0, 0.05) is 10.6 Å². The lowest BCUT2D eigenvalue weighted by atomic mass is 10.1. The van der Waals surface area contributed by atoms with E-state index in [0.717, 1.165) is 15.0 Å². The Labute approximate surface area is 116 Å². The third kappa shape index (κ3) is 2.96. The Balaban J connectivity index is 2.44. The second-order valence-corrected chi connectivity index (χ2v) is 7.11. The van der Waals surface area contributed by atoms with Crippen molar-refractivity contribution in [3.05, 3.63) is 64.9 Å². The van der Waals surface area contributed by atoms with Crippen LogP contribution in [0.5, 0.6) is 0 Å². The molecule has 0 aromatic heterocycles. The van der Waals surface area contributed by atoms with Crippen LogP contribution in [-0.4, -0.2) is 0 Å². The van der Waals surface area contributed by atoms with Gasteiger partial charge in [0.25, 0.3) is 0 Å². The lowest BCUT2D eigenvalue weighted by Crippen LogP contribution is -1.92. The van der Waals surface area contributed by atoms with Crippen molar-refractivity contribution in [2.75, 3.05) is 0 Å². The zero-order valence-corrected chi connectivity index (χ0v) is 12.8. The van der Waals surface area contributed by atoms with E-state index in [1.165, 1.54) is 20.7 Å². The first-order valence-corrected chi connectivity index (χ1v) is 8.13. The van der Waals surface area contributed by atoms with Gasteiger partial charge in [0.05, 0.1) is 0 Å². The van der Waals surface area contributed by atoms with Crippen LogP contribution in [0.3, 0.4) is 0 Å². The Morgan fingerprint density at radius 2 is 2.17 bits per heavy atom. The van der Waals surface area contributed by atoms with Crippen molar-refractivity contribution >= 4 is 20.3 Å². The molecule has 18 heavy (non-hydrogen) atoms. The topological polar surface area (TPSA) is 0 Å². The molecule has 94 valence electrons. The molecule has 1 aliphatic heterocycles. The molecule has 2 atom stereocenters. The Hall–Kier alpha value is -0.780. The summed E-state index contributed by atoms with van der Waals surface area (Å²) in [4.78, 5) is 2.85. The maximum absolute atomic E-state index is 3.91. The first-order chi connectivity index (χ1) is 8.76. The molecule has 0 saturated carbocycles. The van der Waals surface area contributed by atoms with Gasteiger partial charge in [-0.05, 0) is 42.1 Å². The molecular formula is C16H19PS. The van der Waals surface area contributed by atoms with Crippen molar-refractivity contribution in [2.45, 2.75) is 30.8 Å². The van der Waals surface area contributed by atoms with E-state index in [9.17, 15) is 0 Å². The van der Waals surface area contributed by atoms with E-state index in [1.807, 2.05) is 17.8 Å². The minimum absolute atomic E-state index is 0.592. The average Bonchev–Trinajstić information content (AvgIpc) is 2.49. The van der Waals surface area contributed by atoms with E-state index >= 15 is 0 Å². The summed E-state index contributed by atoms with van der Waals surface area (Å²) in [6.45, 7) is 8.24. The van der Waals surface area contributed by atoms with E-state index in [2.05, 4.69) is 56.8 Å². The molecule has 0 bridgehead atoms. The van der Waals surface area contributed by atoms with E-state index in [4.69, 9.17) is 0 Å². The third-order valence-electron chi connectivity index (χ3n) is 3.00. The zero-order chi connectivity index (χ0) is 13.0. The minimum Gasteiger partial charge on any atom is -0.103 e. The molecule has 0 aliphatic carbocycles. The van der Waals surface area contributed by atoms with Gasteiger partial charge in [0.15, 0.2) is 0 Å². The molecule has 1 aliphatic rings. The van der Waals surface area contributed by atoms with Crippen LogP contribution in [0.1, 0.15) is 31.5 Å². The number of rotatable bonds is 3. The smallest absolute Gasteiger partial charge is 0.0157 e. The summed E-state index contributed by atoms with van der Waals surface area (Å²) in [6.07, 6.45) is 7.52. The fraction of sp³-hybridized carbons (Fsp3) is 0.250. The first kappa shape index (κ1) is 13.6. The van der Waals surface area contributed by atoms with E-state index in [1.54, 1.807) is 0 Å². The number of thioether (sulfide) groups is 1. The Bertz CT molecular complexity index is 500. The predicted octanol–water partition coefficient (Wildman–Crippen LogP) is 5.90. The fourth-order valence-corrected chi connectivity index (χ4v) is 5.08. The molecule has 0 N–H and O–H groups in total. The average molecular weight is 274 g/mol. The fourth-order valence-electron chi connectivity index (χ4n) is 2.13. The lowest BCUT2D eigenvalue weighted by molar-refractivity contribution is 0.940. The van der Waals surface area contributed by atoms with Crippen LogP contribution < -0.4 is 0 Å². The second kappa shape index (κ2) is 6.41. The molecule has 1 aromatic rings. The number of hydrogen-bond acceptors (Lipinski definition) is 1. The summed E-state index contributed by atoms with van der Waals surface area (Å²) < 4.78 is 0. The van der Waals surface area contributed by atoms with Gasteiger partial charge in [-0.25, -0.2) is 0 Å². The molecular weight excluding hydrogens is 255 g/mol. The van der Waals surface area contributed by atoms with Crippen LogP contribution in [0.25, 0.3) is 0 Å². The highest BCUT2D eigenvalue weighted by molar-refractivity contribution is 8.03. The van der Waals surface area contributed by atoms with Gasteiger partial charge in [-0.3, -0.25) is 0 Å². The van der Waals surface area contributed by atoms with Crippen LogP contribution in [0, 0.1) is 0 Å². The van der Waals surface area contributed by atoms with Crippen molar-refractivity contribution < 1.29 is 0 Å². The molecule has 2 heteroatoms. The number of fused-ring (bicyclic) bond motifs is 1. The highest BCUT2D eigenvalue weighted by Gasteiger charge is 2.20. The standard InChI is InChI=1S/C16H19PS/c1-4-8-14-12(3)18-16-11-7-6-10-13(16)15(17-14)9-5-2/h4-8,10-11,15,17H,2,9H2,1,3H3/b8-4-. The quantitative estimate of drug-likeness (QED) is 0.488. The Morgan fingerprint density at radius 1 is 1.39 bits per heavy atom. The zero-order valence-electron chi connectivity index (χ0n) is 10.9. The van der Waals surface area contributed by atoms with Gasteiger partial charge in [0.1, 0.15) is 0 Å². The van der Waals surface area contributed by atoms with Crippen LogP contribution in [0.2, 0.25) is 0 Å². The molecule has 2 rings (SSSR count). The minimum atomic E-state index is 0.592. The monoisotopic (exact) mass is 274 g/mol. The van der Waals surface area contributed by atoms with E-state index in [0.29, 0.717) is 5.66 Å². The SMILES string of the molecule is C=CCC1PC(/C=C\C)=C(C)Sc2ccccc21. The largest absolute Gasteiger partial charge is 0.103 e. The highest BCUT2D eigenvalue weighted by Crippen LogP contribution is 2.53. The van der Waals surface area contributed by atoms with Crippen molar-refractivity contribution in [2.24, 2.45) is 0 Å². The predicted molar refractivity (Wildman–Crippen MR) is 85.7 cm³/mol. The van der Waals surface area contributed by atoms with Crippen molar-refractivity contribution in [1.29, 1.82) is 0 Å². The highest BCUT2D eigenvalue weighted by atomic mass is 32.2. The van der Waals surface area contributed by atoms with Gasteiger partial charge in [-0.1, -0.05) is 56.8 Å². The second-order valence-electron chi connectivity index (χ2n) is 4.33. The Kier molecular flexibility index (Phi) is 4.86. The maximum atomic E-state index is 3.91. The molecule has 0 spiro atoms. The van der Waals surface area contributed by atoms with E-state index < -0.39 is 0 Å². The lowest BCUT2D eigenvalue weighted by Gasteiger charge is -2.16. The molecule has 1 heterocycles. The normalized spacial score (nSPS) is 21.1. The summed E-state index contributed by atoms with van der Waals surface area (Å²) in [7, 11) is 0.839. The van der Waals surface area contributed by atoms with Gasteiger partial charge in [-0.2, -0.15) is 0 Å². The van der Waals surface area contributed by atoms with Gasteiger partial charge >= 0.3 is 0 Å². The Morgan fingerprint density at radius 3 is 2.89 bits per heavy atom. The van der Waals surface area contributed by atoms with Crippen LogP contribution in [-0.2, 0) is 0 Å². The van der Waals surface area contributed by atoms with Crippen LogP contribution >= 0.6 is 20.3 Å². The third-order valence-corrected chi connectivity index (χ3v) is 6.05. The molecule has 2 unspecified atom stereocenters. The van der Waals surface area contributed by atoms with Gasteiger partial charge < -0.3 is 0 Å². The number of benzene rings is 1. The number of allylic oxidation sites excluding steroid dienone is 5. The van der Waals surface area contributed by atoms with Crippen LogP contribution in [0.15, 0.2) is 64.2 Å². The summed E-state index contributed by atoms with van der Waals surface area (Å²) in [5.41, 5.74) is 2.08. The first-order valence-electron chi connectivity index (χ1n) is 6.24. The summed E-state index contributed by atoms with van der Waals surface area (Å²) in [5, 5.41) is 1.49. The molecule has 0 amide bonds. The molecule has 0 nitrogen and oxygen atoms in total. The molecule has 1 aromatic carbocycles. The molecule has 0 radical (unpaired) electrons. The molecule has 0 fully saturated rings. The van der Waals surface area contributed by atoms with E-state index in [-0.39, 0.29) is 0 Å². The summed E-state index contributed by atoms with van der Waals surface area (Å²) >= 11 is 1.91. The van der Waals surface area contributed by atoms with Gasteiger partial charge in [0.2, 0.25) is 0 Å². The number of hydrogen-bond donors (Lipinski definition) is 0. The van der Waals surface area contributed by atoms with Crippen molar-refractivity contribution in [1.82, 2.24) is 0 Å². The maximum Gasteiger partial charge on any atom is 0.0157 e. The van der Waals surface area contributed by atoms with Crippen molar-refractivity contribution in [3.63, 3.8) is 0 Å². The molecule has 0 saturated heterocycles. The summed E-state index contributed by atoms with van der Waals surface area (Å²) in [5.74, 6) is 0. The van der Waals surface area contributed by atoms with Gasteiger partial charge in [-0.15, -0.1) is 6.58 Å².